The van der Waals surface area contributed by atoms with Gasteiger partial charge in [-0.15, -0.1) is 0 Å². The maximum atomic E-state index is 4.19. The molecular weight excluding hydrogens is 176 g/mol. The molecular formula is C10H18N4. The molecule has 78 valence electrons. The van der Waals surface area contributed by atoms with E-state index in [1.807, 2.05) is 6.20 Å². The number of hydrogen-bond donors (Lipinski definition) is 3. The van der Waals surface area contributed by atoms with Gasteiger partial charge in [-0.1, -0.05) is 0 Å². The third-order valence-electron chi connectivity index (χ3n) is 2.69. The second kappa shape index (κ2) is 5.12. The van der Waals surface area contributed by atoms with Crippen LogP contribution in [-0.2, 0) is 6.42 Å². The third-order valence-corrected chi connectivity index (χ3v) is 2.69. The number of rotatable bonds is 4. The average molecular weight is 194 g/mol. The van der Waals surface area contributed by atoms with Gasteiger partial charge in [0.05, 0.1) is 0 Å². The number of H-pyrrole nitrogens is 1. The maximum Gasteiger partial charge on any atom is 0.107 e. The van der Waals surface area contributed by atoms with E-state index in [1.165, 1.54) is 12.8 Å². The zero-order valence-electron chi connectivity index (χ0n) is 8.42. The Morgan fingerprint density at radius 2 is 2.29 bits per heavy atom. The van der Waals surface area contributed by atoms with Crippen molar-refractivity contribution in [2.45, 2.75) is 25.3 Å². The summed E-state index contributed by atoms with van der Waals surface area (Å²) in [5, 5.41) is 6.92. The Morgan fingerprint density at radius 1 is 1.43 bits per heavy atom. The summed E-state index contributed by atoms with van der Waals surface area (Å²) in [6, 6.07) is 0.700. The molecule has 1 aliphatic rings. The fraction of sp³-hybridized carbons (Fsp3) is 0.700. The molecule has 2 rings (SSSR count). The van der Waals surface area contributed by atoms with Crippen molar-refractivity contribution in [2.75, 3.05) is 19.6 Å². The Balaban J connectivity index is 1.62. The van der Waals surface area contributed by atoms with Gasteiger partial charge in [0.1, 0.15) is 5.82 Å². The SMILES string of the molecule is c1c[nH]c(CCNC2CCNCC2)n1. The number of hydrogen-bond acceptors (Lipinski definition) is 3. The second-order valence-electron chi connectivity index (χ2n) is 3.76. The monoisotopic (exact) mass is 194 g/mol. The molecule has 3 N–H and O–H groups in total. The highest BCUT2D eigenvalue weighted by Crippen LogP contribution is 2.01. The average Bonchev–Trinajstić information content (AvgIpc) is 2.72. The van der Waals surface area contributed by atoms with Gasteiger partial charge in [0.15, 0.2) is 0 Å². The first-order valence-electron chi connectivity index (χ1n) is 5.37. The van der Waals surface area contributed by atoms with Crippen molar-refractivity contribution in [2.24, 2.45) is 0 Å². The van der Waals surface area contributed by atoms with Gasteiger partial charge >= 0.3 is 0 Å². The minimum absolute atomic E-state index is 0.700. The fourth-order valence-corrected chi connectivity index (χ4v) is 1.86. The minimum Gasteiger partial charge on any atom is -0.349 e. The summed E-state index contributed by atoms with van der Waals surface area (Å²) in [4.78, 5) is 7.30. The van der Waals surface area contributed by atoms with Crippen molar-refractivity contribution in [3.63, 3.8) is 0 Å². The van der Waals surface area contributed by atoms with E-state index in [0.29, 0.717) is 6.04 Å². The Bertz CT molecular complexity index is 239. The fourth-order valence-electron chi connectivity index (χ4n) is 1.86. The summed E-state index contributed by atoms with van der Waals surface area (Å²) in [6.45, 7) is 3.33. The van der Waals surface area contributed by atoms with Gasteiger partial charge in [0.2, 0.25) is 0 Å². The molecule has 0 aliphatic carbocycles. The van der Waals surface area contributed by atoms with Crippen LogP contribution in [0, 0.1) is 0 Å². The molecule has 4 heteroatoms. The van der Waals surface area contributed by atoms with Crippen LogP contribution < -0.4 is 10.6 Å². The van der Waals surface area contributed by atoms with Crippen LogP contribution in [0.5, 0.6) is 0 Å². The van der Waals surface area contributed by atoms with Gasteiger partial charge in [-0.25, -0.2) is 4.98 Å². The first-order valence-corrected chi connectivity index (χ1v) is 5.37. The topological polar surface area (TPSA) is 52.7 Å². The van der Waals surface area contributed by atoms with Gasteiger partial charge in [-0.2, -0.15) is 0 Å². The van der Waals surface area contributed by atoms with Crippen LogP contribution in [0.1, 0.15) is 18.7 Å². The molecule has 0 aromatic carbocycles. The van der Waals surface area contributed by atoms with Crippen molar-refractivity contribution in [1.82, 2.24) is 20.6 Å². The standard InChI is InChI=1S/C10H18N4/c1-4-11-5-2-9(1)12-6-3-10-13-7-8-14-10/h7-9,11-12H,1-6H2,(H,13,14). The maximum absolute atomic E-state index is 4.19. The van der Waals surface area contributed by atoms with Crippen LogP contribution in [0.25, 0.3) is 0 Å². The molecule has 1 aromatic heterocycles. The molecule has 1 aromatic rings. The van der Waals surface area contributed by atoms with Crippen molar-refractivity contribution in [3.05, 3.63) is 18.2 Å². The highest BCUT2D eigenvalue weighted by molar-refractivity contribution is 4.88. The predicted octanol–water partition coefficient (Wildman–Crippen LogP) is 0.294. The largest absolute Gasteiger partial charge is 0.349 e. The van der Waals surface area contributed by atoms with E-state index in [9.17, 15) is 0 Å². The summed E-state index contributed by atoms with van der Waals surface area (Å²) in [6.07, 6.45) is 7.17. The smallest absolute Gasteiger partial charge is 0.107 e. The molecule has 0 amide bonds. The lowest BCUT2D eigenvalue weighted by Gasteiger charge is -2.23. The Morgan fingerprint density at radius 3 is 3.00 bits per heavy atom. The van der Waals surface area contributed by atoms with E-state index in [2.05, 4.69) is 20.6 Å². The quantitative estimate of drug-likeness (QED) is 0.646. The van der Waals surface area contributed by atoms with Crippen molar-refractivity contribution < 1.29 is 0 Å². The lowest BCUT2D eigenvalue weighted by Crippen LogP contribution is -2.40. The zero-order valence-corrected chi connectivity index (χ0v) is 8.42. The van der Waals surface area contributed by atoms with E-state index in [4.69, 9.17) is 0 Å². The summed E-state index contributed by atoms with van der Waals surface area (Å²) >= 11 is 0. The predicted molar refractivity (Wildman–Crippen MR) is 56.2 cm³/mol. The number of imidazole rings is 1. The van der Waals surface area contributed by atoms with Gasteiger partial charge in [0, 0.05) is 31.4 Å². The van der Waals surface area contributed by atoms with Gasteiger partial charge < -0.3 is 15.6 Å². The summed E-state index contributed by atoms with van der Waals surface area (Å²) in [5.74, 6) is 1.08. The number of piperidine rings is 1. The van der Waals surface area contributed by atoms with Gasteiger partial charge in [-0.05, 0) is 25.9 Å². The minimum atomic E-state index is 0.700. The van der Waals surface area contributed by atoms with Crippen LogP contribution in [0.3, 0.4) is 0 Å². The summed E-state index contributed by atoms with van der Waals surface area (Å²) in [5.41, 5.74) is 0. The number of aromatic nitrogens is 2. The van der Waals surface area contributed by atoms with Gasteiger partial charge in [0.25, 0.3) is 0 Å². The second-order valence-corrected chi connectivity index (χ2v) is 3.76. The van der Waals surface area contributed by atoms with Crippen molar-refractivity contribution in [1.29, 1.82) is 0 Å². The van der Waals surface area contributed by atoms with E-state index < -0.39 is 0 Å². The Kier molecular flexibility index (Phi) is 3.54. The highest BCUT2D eigenvalue weighted by Gasteiger charge is 2.11. The van der Waals surface area contributed by atoms with Crippen LogP contribution in [0.15, 0.2) is 12.4 Å². The first-order chi connectivity index (χ1) is 6.95. The van der Waals surface area contributed by atoms with Gasteiger partial charge in [-0.3, -0.25) is 0 Å². The lowest BCUT2D eigenvalue weighted by molar-refractivity contribution is 0.389. The Hall–Kier alpha value is -0.870. The third kappa shape index (κ3) is 2.82. The summed E-state index contributed by atoms with van der Waals surface area (Å²) in [7, 11) is 0. The molecule has 0 saturated carbocycles. The summed E-state index contributed by atoms with van der Waals surface area (Å²) < 4.78 is 0. The van der Waals surface area contributed by atoms with Crippen molar-refractivity contribution in [3.8, 4) is 0 Å². The molecule has 0 spiro atoms. The molecule has 0 atom stereocenters. The molecule has 0 bridgehead atoms. The van der Waals surface area contributed by atoms with Crippen LogP contribution >= 0.6 is 0 Å². The molecule has 0 radical (unpaired) electrons. The molecule has 1 saturated heterocycles. The zero-order chi connectivity index (χ0) is 9.64. The molecule has 0 unspecified atom stereocenters. The van der Waals surface area contributed by atoms with Crippen LogP contribution in [0.4, 0.5) is 0 Å². The molecule has 1 fully saturated rings. The van der Waals surface area contributed by atoms with E-state index >= 15 is 0 Å². The highest BCUT2D eigenvalue weighted by atomic mass is 15.0. The van der Waals surface area contributed by atoms with E-state index in [-0.39, 0.29) is 0 Å². The first kappa shape index (κ1) is 9.68. The molecule has 4 nitrogen and oxygen atoms in total. The normalized spacial score (nSPS) is 18.6. The van der Waals surface area contributed by atoms with Crippen LogP contribution in [-0.4, -0.2) is 35.6 Å². The Labute approximate surface area is 84.5 Å². The van der Waals surface area contributed by atoms with E-state index in [1.54, 1.807) is 6.20 Å². The number of nitrogens with one attached hydrogen (secondary N) is 3. The van der Waals surface area contributed by atoms with E-state index in [0.717, 1.165) is 31.9 Å². The molecule has 2 heterocycles. The number of aromatic amines is 1. The van der Waals surface area contributed by atoms with Crippen LogP contribution in [0.2, 0.25) is 0 Å². The lowest BCUT2D eigenvalue weighted by atomic mass is 10.1. The molecule has 14 heavy (non-hydrogen) atoms. The molecule has 1 aliphatic heterocycles. The van der Waals surface area contributed by atoms with Crippen molar-refractivity contribution >= 4 is 0 Å². The number of nitrogens with zero attached hydrogens (tertiary/aromatic N) is 1.